The fourth-order valence-corrected chi connectivity index (χ4v) is 16.9. The standard InChI is InChI=1S/C78H46N4S2/c1-5-22-47(23-6-1)68-73-58-36-18-34-56-71-61(80(50-28-11-4-12-29-50)64-41-19-32-54-52-30-13-16-43-66(52)84-78(54)64)38-21-40-63(71)82(75(56)58)77(73)69(48-24-7-2-8-25-48)72-57-35-17-33-55-70-60(37-20-39-62(70)81(74(55)57)76(68)72)79(49-26-9-3-10-27-49)51-44-45-67-59(46-51)53-31-14-15-42-65(53)83-67/h1-46H. The van der Waals surface area contributed by atoms with Crippen molar-refractivity contribution in [3.8, 4) is 22.3 Å². The van der Waals surface area contributed by atoms with Gasteiger partial charge in [0.2, 0.25) is 0 Å². The van der Waals surface area contributed by atoms with Crippen molar-refractivity contribution in [1.29, 1.82) is 0 Å². The van der Waals surface area contributed by atoms with E-state index < -0.39 is 0 Å². The molecular weight excluding hydrogens is 1060 g/mol. The Bertz CT molecular complexity index is 5860. The number of benzene rings is 13. The van der Waals surface area contributed by atoms with Crippen LogP contribution in [0.5, 0.6) is 0 Å². The number of nitrogens with zero attached hydrogens (tertiary/aromatic N) is 4. The maximum atomic E-state index is 2.65. The van der Waals surface area contributed by atoms with Crippen LogP contribution in [0, 0.1) is 0 Å². The van der Waals surface area contributed by atoms with E-state index in [-0.39, 0.29) is 0 Å². The summed E-state index contributed by atoms with van der Waals surface area (Å²) < 4.78 is 10.4. The number of para-hydroxylation sites is 4. The Kier molecular flexibility index (Phi) is 9.62. The van der Waals surface area contributed by atoms with Crippen LogP contribution in [0.4, 0.5) is 34.1 Å². The maximum Gasteiger partial charge on any atom is 0.0640 e. The molecule has 0 saturated carbocycles. The molecule has 13 aromatic carbocycles. The molecule has 0 saturated heterocycles. The van der Waals surface area contributed by atoms with Gasteiger partial charge in [-0.3, -0.25) is 0 Å². The summed E-state index contributed by atoms with van der Waals surface area (Å²) in [4.78, 5) is 5.00. The van der Waals surface area contributed by atoms with E-state index in [0.29, 0.717) is 0 Å². The highest BCUT2D eigenvalue weighted by Crippen LogP contribution is 2.57. The third-order valence-electron chi connectivity index (χ3n) is 17.9. The van der Waals surface area contributed by atoms with E-state index in [9.17, 15) is 0 Å². The molecule has 0 aliphatic heterocycles. The van der Waals surface area contributed by atoms with Gasteiger partial charge in [-0.1, -0.05) is 194 Å². The van der Waals surface area contributed by atoms with Gasteiger partial charge in [0.1, 0.15) is 0 Å². The van der Waals surface area contributed by atoms with Crippen molar-refractivity contribution >= 4 is 173 Å². The highest BCUT2D eigenvalue weighted by atomic mass is 32.1. The molecule has 6 aromatic heterocycles. The van der Waals surface area contributed by atoms with Gasteiger partial charge in [-0.05, 0) is 96.1 Å². The van der Waals surface area contributed by atoms with Crippen LogP contribution in [0.3, 0.4) is 0 Å². The number of hydrogen-bond acceptors (Lipinski definition) is 4. The minimum Gasteiger partial charge on any atom is -0.310 e. The number of fused-ring (bicyclic) bond motifs is 18. The molecule has 0 aliphatic rings. The molecule has 0 aliphatic carbocycles. The Morgan fingerprint density at radius 1 is 0.250 bits per heavy atom. The number of thiophene rings is 2. The van der Waals surface area contributed by atoms with Crippen LogP contribution in [-0.4, -0.2) is 8.80 Å². The fourth-order valence-electron chi connectivity index (χ4n) is 14.7. The summed E-state index contributed by atoms with van der Waals surface area (Å²) in [5.41, 5.74) is 18.9. The summed E-state index contributed by atoms with van der Waals surface area (Å²) in [5.74, 6) is 0. The van der Waals surface area contributed by atoms with Crippen LogP contribution in [0.2, 0.25) is 0 Å². The summed E-state index contributed by atoms with van der Waals surface area (Å²) in [6.07, 6.45) is 0. The van der Waals surface area contributed by atoms with Gasteiger partial charge >= 0.3 is 0 Å². The minimum atomic E-state index is 1.11. The second-order valence-corrected chi connectivity index (χ2v) is 24.4. The molecule has 4 nitrogen and oxygen atoms in total. The summed E-state index contributed by atoms with van der Waals surface area (Å²) >= 11 is 3.74. The molecule has 0 N–H and O–H groups in total. The molecule has 0 unspecified atom stereocenters. The molecule has 6 heteroatoms. The van der Waals surface area contributed by atoms with E-state index in [2.05, 4.69) is 298 Å². The van der Waals surface area contributed by atoms with Crippen LogP contribution >= 0.6 is 22.7 Å². The van der Waals surface area contributed by atoms with E-state index in [1.165, 1.54) is 144 Å². The lowest BCUT2D eigenvalue weighted by atomic mass is 9.89. The van der Waals surface area contributed by atoms with Crippen molar-refractivity contribution in [2.24, 2.45) is 0 Å². The van der Waals surface area contributed by atoms with Gasteiger partial charge in [0.05, 0.1) is 54.9 Å². The highest BCUT2D eigenvalue weighted by molar-refractivity contribution is 7.26. The number of aromatic nitrogens is 2. The predicted molar refractivity (Wildman–Crippen MR) is 362 cm³/mol. The molecule has 19 rings (SSSR count). The Balaban J connectivity index is 0.958. The van der Waals surface area contributed by atoms with E-state index in [1.807, 2.05) is 22.7 Å². The smallest absolute Gasteiger partial charge is 0.0640 e. The zero-order chi connectivity index (χ0) is 54.7. The number of hydrogen-bond donors (Lipinski definition) is 0. The second-order valence-electron chi connectivity index (χ2n) is 22.2. The molecule has 84 heavy (non-hydrogen) atoms. The van der Waals surface area contributed by atoms with Gasteiger partial charge in [-0.15, -0.1) is 22.7 Å². The third-order valence-corrected chi connectivity index (χ3v) is 20.3. The van der Waals surface area contributed by atoms with Crippen LogP contribution < -0.4 is 9.80 Å². The lowest BCUT2D eigenvalue weighted by molar-refractivity contribution is 1.30. The van der Waals surface area contributed by atoms with Gasteiger partial charge < -0.3 is 18.6 Å². The first kappa shape index (κ1) is 46.1. The van der Waals surface area contributed by atoms with Crippen LogP contribution in [-0.2, 0) is 0 Å². The van der Waals surface area contributed by atoms with Crippen LogP contribution in [0.25, 0.3) is 139 Å². The van der Waals surface area contributed by atoms with Crippen molar-refractivity contribution in [2.75, 3.05) is 9.80 Å². The Morgan fingerprint density at radius 3 is 1.23 bits per heavy atom. The Hall–Kier alpha value is -10.5. The first-order chi connectivity index (χ1) is 41.7. The highest BCUT2D eigenvalue weighted by Gasteiger charge is 2.33. The normalized spacial score (nSPS) is 12.3. The summed E-state index contributed by atoms with van der Waals surface area (Å²) in [7, 11) is 0. The zero-order valence-electron chi connectivity index (χ0n) is 45.2. The van der Waals surface area contributed by atoms with Crippen LogP contribution in [0.15, 0.2) is 279 Å². The largest absolute Gasteiger partial charge is 0.310 e. The minimum absolute atomic E-state index is 1.11. The van der Waals surface area contributed by atoms with Gasteiger partial charge in [0.15, 0.2) is 0 Å². The molecule has 0 bridgehead atoms. The Labute approximate surface area is 490 Å². The van der Waals surface area contributed by atoms with Crippen molar-refractivity contribution in [1.82, 2.24) is 8.80 Å². The van der Waals surface area contributed by atoms with Crippen molar-refractivity contribution in [2.45, 2.75) is 0 Å². The molecule has 0 radical (unpaired) electrons. The predicted octanol–water partition coefficient (Wildman–Crippen LogP) is 23.0. The van der Waals surface area contributed by atoms with Gasteiger partial charge in [0, 0.05) is 107 Å². The first-order valence-electron chi connectivity index (χ1n) is 28.8. The molecule has 6 heterocycles. The monoisotopic (exact) mass is 1100 g/mol. The molecule has 0 atom stereocenters. The number of anilines is 6. The molecule has 0 amide bonds. The van der Waals surface area contributed by atoms with Gasteiger partial charge in [0.25, 0.3) is 0 Å². The van der Waals surface area contributed by atoms with Gasteiger partial charge in [-0.2, -0.15) is 0 Å². The molecule has 19 aromatic rings. The van der Waals surface area contributed by atoms with Crippen molar-refractivity contribution < 1.29 is 0 Å². The van der Waals surface area contributed by atoms with Crippen molar-refractivity contribution in [3.63, 3.8) is 0 Å². The quantitative estimate of drug-likeness (QED) is 0.151. The molecule has 0 spiro atoms. The lowest BCUT2D eigenvalue weighted by Gasteiger charge is -2.27. The molecule has 0 fully saturated rings. The second kappa shape index (κ2) is 17.5. The summed E-state index contributed by atoms with van der Waals surface area (Å²) in [5, 5.41) is 15.0. The average molecular weight is 1100 g/mol. The van der Waals surface area contributed by atoms with Crippen molar-refractivity contribution in [3.05, 3.63) is 279 Å². The fraction of sp³-hybridized carbons (Fsp3) is 0. The maximum absolute atomic E-state index is 2.65. The molecule has 390 valence electrons. The van der Waals surface area contributed by atoms with E-state index in [4.69, 9.17) is 0 Å². The Morgan fingerprint density at radius 2 is 0.655 bits per heavy atom. The van der Waals surface area contributed by atoms with E-state index in [0.717, 1.165) is 28.4 Å². The first-order valence-corrected chi connectivity index (χ1v) is 30.4. The SMILES string of the molecule is c1ccc(-c2c3c4cccc5c6c(N(c7ccccc7)c7ccc8sc9ccccc9c8c7)cccc6n(c3c(-c3ccccc3)c3c6cccc7c8c(N(c9ccccc9)c9cccc%10c9sc9ccccc9%10)cccc8n(c23)c76)c54)cc1. The summed E-state index contributed by atoms with van der Waals surface area (Å²) in [6, 6.07) is 104. The molecular formula is C78H46N4S2. The topological polar surface area (TPSA) is 15.3 Å². The number of rotatable bonds is 8. The average Bonchev–Trinajstić information content (AvgIpc) is 1.58. The van der Waals surface area contributed by atoms with E-state index >= 15 is 0 Å². The summed E-state index contributed by atoms with van der Waals surface area (Å²) in [6.45, 7) is 0. The van der Waals surface area contributed by atoms with Crippen LogP contribution in [0.1, 0.15) is 0 Å². The lowest BCUT2D eigenvalue weighted by Crippen LogP contribution is -2.10. The zero-order valence-corrected chi connectivity index (χ0v) is 46.8. The third kappa shape index (κ3) is 6.25. The van der Waals surface area contributed by atoms with E-state index in [1.54, 1.807) is 0 Å². The van der Waals surface area contributed by atoms with Gasteiger partial charge in [-0.25, -0.2) is 0 Å².